The molecule has 0 heterocycles. The van der Waals surface area contributed by atoms with Gasteiger partial charge in [-0.15, -0.1) is 4.91 Å². The lowest BCUT2D eigenvalue weighted by molar-refractivity contribution is -0.315. The van der Waals surface area contributed by atoms with Crippen molar-refractivity contribution >= 4 is 0 Å². The molecule has 0 aliphatic rings. The first-order chi connectivity index (χ1) is 6.00. The van der Waals surface area contributed by atoms with Gasteiger partial charge in [0.2, 0.25) is 0 Å². The predicted octanol–water partition coefficient (Wildman–Crippen LogP) is 2.00. The SMILES string of the molecule is C[C@@H](O)C(N=O)(C(F)(F)F)C(F)(F)F. The summed E-state index contributed by atoms with van der Waals surface area (Å²) in [4.78, 5) is 9.71. The van der Waals surface area contributed by atoms with Crippen LogP contribution in [0.15, 0.2) is 5.18 Å². The third kappa shape index (κ3) is 1.68. The molecule has 1 N–H and O–H groups in total. The normalized spacial score (nSPS) is 16.6. The van der Waals surface area contributed by atoms with E-state index in [1.165, 1.54) is 0 Å². The summed E-state index contributed by atoms with van der Waals surface area (Å²) < 4.78 is 71.7. The van der Waals surface area contributed by atoms with E-state index in [0.717, 1.165) is 5.18 Å². The zero-order valence-electron chi connectivity index (χ0n) is 6.65. The maximum absolute atomic E-state index is 11.9. The number of alkyl halides is 6. The number of halogens is 6. The van der Waals surface area contributed by atoms with Crippen molar-refractivity contribution in [2.75, 3.05) is 0 Å². The van der Waals surface area contributed by atoms with Crippen molar-refractivity contribution in [3.05, 3.63) is 4.91 Å². The van der Waals surface area contributed by atoms with E-state index < -0.39 is 24.0 Å². The lowest BCUT2D eigenvalue weighted by Gasteiger charge is -2.32. The molecule has 0 aliphatic carbocycles. The Labute approximate surface area is 73.7 Å². The summed E-state index contributed by atoms with van der Waals surface area (Å²) in [6.45, 7) is 0.197. The zero-order valence-corrected chi connectivity index (χ0v) is 6.65. The van der Waals surface area contributed by atoms with Gasteiger partial charge < -0.3 is 5.11 Å². The minimum atomic E-state index is -5.98. The number of hydrogen-bond donors (Lipinski definition) is 1. The molecular weight excluding hydrogens is 220 g/mol. The van der Waals surface area contributed by atoms with Crippen LogP contribution in [0.4, 0.5) is 26.3 Å². The second-order valence-corrected chi connectivity index (χ2v) is 2.53. The zero-order chi connectivity index (χ0) is 11.8. The topological polar surface area (TPSA) is 49.7 Å². The van der Waals surface area contributed by atoms with Crippen LogP contribution < -0.4 is 0 Å². The summed E-state index contributed by atoms with van der Waals surface area (Å²) in [5.74, 6) is 0. The van der Waals surface area contributed by atoms with Crippen LogP contribution in [-0.4, -0.2) is 29.1 Å². The van der Waals surface area contributed by atoms with Crippen LogP contribution in [0, 0.1) is 4.91 Å². The van der Waals surface area contributed by atoms with Gasteiger partial charge in [0.05, 0.1) is 6.10 Å². The van der Waals surface area contributed by atoms with E-state index in [0.29, 0.717) is 0 Å². The molecule has 0 bridgehead atoms. The van der Waals surface area contributed by atoms with Crippen molar-refractivity contribution in [2.24, 2.45) is 5.18 Å². The lowest BCUT2D eigenvalue weighted by atomic mass is 9.93. The third-order valence-corrected chi connectivity index (χ3v) is 1.61. The van der Waals surface area contributed by atoms with E-state index in [1.54, 1.807) is 0 Å². The van der Waals surface area contributed by atoms with Gasteiger partial charge in [-0.1, -0.05) is 0 Å². The van der Waals surface area contributed by atoms with Gasteiger partial charge in [-0.2, -0.15) is 26.3 Å². The first kappa shape index (κ1) is 13.1. The summed E-state index contributed by atoms with van der Waals surface area (Å²) in [5.41, 5.74) is -4.96. The predicted molar refractivity (Wildman–Crippen MR) is 32.3 cm³/mol. The minimum Gasteiger partial charge on any atom is -0.390 e. The Bertz CT molecular complexity index is 205. The van der Waals surface area contributed by atoms with Crippen LogP contribution in [0.2, 0.25) is 0 Å². The standard InChI is InChI=1S/C5H5F6NO2/c1-2(13)3(12-14,4(6,7)8)5(9,10)11/h2,13H,1H3/t2-/m1/s1. The molecule has 0 aromatic rings. The second kappa shape index (κ2) is 3.37. The molecule has 0 aliphatic heterocycles. The molecule has 0 amide bonds. The highest BCUT2D eigenvalue weighted by atomic mass is 19.4. The molecule has 0 fully saturated rings. The molecule has 0 radical (unpaired) electrons. The van der Waals surface area contributed by atoms with Gasteiger partial charge in [0.25, 0.3) is 0 Å². The van der Waals surface area contributed by atoms with Gasteiger partial charge in [-0.25, -0.2) is 0 Å². The third-order valence-electron chi connectivity index (χ3n) is 1.61. The molecule has 0 aromatic heterocycles. The van der Waals surface area contributed by atoms with Crippen molar-refractivity contribution in [1.82, 2.24) is 0 Å². The van der Waals surface area contributed by atoms with Crippen LogP contribution in [-0.2, 0) is 0 Å². The summed E-state index contributed by atoms with van der Waals surface area (Å²) in [6, 6.07) is 0. The quantitative estimate of drug-likeness (QED) is 0.577. The summed E-state index contributed by atoms with van der Waals surface area (Å²) in [5, 5.41) is 9.41. The van der Waals surface area contributed by atoms with E-state index in [2.05, 4.69) is 0 Å². The smallest absolute Gasteiger partial charge is 0.390 e. The Hall–Kier alpha value is -0.860. The van der Waals surface area contributed by atoms with Crippen molar-refractivity contribution in [2.45, 2.75) is 30.9 Å². The molecule has 9 heteroatoms. The largest absolute Gasteiger partial charge is 0.428 e. The number of rotatable bonds is 2. The van der Waals surface area contributed by atoms with E-state index in [4.69, 9.17) is 5.11 Å². The van der Waals surface area contributed by atoms with Gasteiger partial charge in [-0.05, 0) is 12.1 Å². The molecule has 84 valence electrons. The van der Waals surface area contributed by atoms with Crippen molar-refractivity contribution in [3.63, 3.8) is 0 Å². The van der Waals surface area contributed by atoms with Crippen LogP contribution in [0.25, 0.3) is 0 Å². The van der Waals surface area contributed by atoms with E-state index in [9.17, 15) is 31.2 Å². The first-order valence-electron chi connectivity index (χ1n) is 3.16. The molecular formula is C5H5F6NO2. The van der Waals surface area contributed by atoms with Crippen LogP contribution in [0.3, 0.4) is 0 Å². The van der Waals surface area contributed by atoms with Gasteiger partial charge in [0.1, 0.15) is 0 Å². The van der Waals surface area contributed by atoms with Crippen LogP contribution in [0.5, 0.6) is 0 Å². The highest BCUT2D eigenvalue weighted by Gasteiger charge is 2.76. The monoisotopic (exact) mass is 225 g/mol. The van der Waals surface area contributed by atoms with Gasteiger partial charge in [-0.3, -0.25) is 0 Å². The minimum absolute atomic E-state index is 0.197. The molecule has 1 atom stereocenters. The molecule has 0 aromatic carbocycles. The van der Waals surface area contributed by atoms with Crippen molar-refractivity contribution < 1.29 is 31.4 Å². The highest BCUT2D eigenvalue weighted by molar-refractivity contribution is 5.05. The van der Waals surface area contributed by atoms with Gasteiger partial charge in [0.15, 0.2) is 0 Å². The average molecular weight is 225 g/mol. The maximum Gasteiger partial charge on any atom is 0.428 e. The molecule has 0 saturated carbocycles. The number of nitrogens with zero attached hydrogens (tertiary/aromatic N) is 1. The summed E-state index contributed by atoms with van der Waals surface area (Å²) >= 11 is 0. The Balaban J connectivity index is 5.57. The molecule has 0 saturated heterocycles. The number of aliphatic hydroxyl groups is 1. The van der Waals surface area contributed by atoms with Gasteiger partial charge >= 0.3 is 17.9 Å². The Kier molecular flexibility index (Phi) is 3.16. The van der Waals surface area contributed by atoms with Gasteiger partial charge in [0, 0.05) is 0 Å². The molecule has 0 rings (SSSR count). The Morgan fingerprint density at radius 3 is 1.36 bits per heavy atom. The Morgan fingerprint density at radius 1 is 1.07 bits per heavy atom. The maximum atomic E-state index is 11.9. The van der Waals surface area contributed by atoms with E-state index in [-0.39, 0.29) is 6.92 Å². The van der Waals surface area contributed by atoms with Crippen molar-refractivity contribution in [1.29, 1.82) is 0 Å². The molecule has 0 unspecified atom stereocenters. The number of nitroso groups, excluding NO2 is 1. The fraction of sp³-hybridized carbons (Fsp3) is 1.00. The van der Waals surface area contributed by atoms with E-state index in [1.807, 2.05) is 0 Å². The van der Waals surface area contributed by atoms with E-state index >= 15 is 0 Å². The highest BCUT2D eigenvalue weighted by Crippen LogP contribution is 2.47. The fourth-order valence-corrected chi connectivity index (χ4v) is 0.814. The van der Waals surface area contributed by atoms with Crippen LogP contribution in [0.1, 0.15) is 6.92 Å². The lowest BCUT2D eigenvalue weighted by Crippen LogP contribution is -2.61. The molecule has 0 spiro atoms. The fourth-order valence-electron chi connectivity index (χ4n) is 0.814. The molecule has 3 nitrogen and oxygen atoms in total. The first-order valence-corrected chi connectivity index (χ1v) is 3.16. The molecule has 14 heavy (non-hydrogen) atoms. The Morgan fingerprint density at radius 2 is 1.36 bits per heavy atom. The second-order valence-electron chi connectivity index (χ2n) is 2.53. The van der Waals surface area contributed by atoms with Crippen molar-refractivity contribution in [3.8, 4) is 0 Å². The number of aliphatic hydroxyl groups excluding tert-OH is 1. The summed E-state index contributed by atoms with van der Waals surface area (Å²) in [6.07, 6.45) is -15.0. The summed E-state index contributed by atoms with van der Waals surface area (Å²) in [7, 11) is 0. The number of hydrogen-bond acceptors (Lipinski definition) is 3. The average Bonchev–Trinajstić information content (AvgIpc) is 1.80. The van der Waals surface area contributed by atoms with Crippen LogP contribution >= 0.6 is 0 Å².